The lowest BCUT2D eigenvalue weighted by atomic mass is 10.2. The van der Waals surface area contributed by atoms with E-state index in [1.165, 1.54) is 0 Å². The highest BCUT2D eigenvalue weighted by Gasteiger charge is 2.38. The molecule has 2 aromatic carbocycles. The van der Waals surface area contributed by atoms with Gasteiger partial charge in [0.1, 0.15) is 6.17 Å². The first-order valence-corrected chi connectivity index (χ1v) is 8.10. The van der Waals surface area contributed by atoms with Crippen molar-refractivity contribution in [3.63, 3.8) is 0 Å². The van der Waals surface area contributed by atoms with Crippen molar-refractivity contribution < 1.29 is 4.79 Å². The summed E-state index contributed by atoms with van der Waals surface area (Å²) in [5.74, 6) is 0.0182. The molecule has 1 fully saturated rings. The largest absolute Gasteiger partial charge is 0.364 e. The maximum absolute atomic E-state index is 12.3. The van der Waals surface area contributed by atoms with Gasteiger partial charge in [0.25, 0.3) is 0 Å². The molecule has 0 unspecified atom stereocenters. The standard InChI is InChI=1S/C18H20ClN3O/c1-13-12-18(20-16-10-8-15(19)9-11-16)22(14(2)23)21(13)17-6-4-3-5-7-17/h3-11,13,18,20H,12H2,1-2H3/t13-,18+/m0/s1. The minimum absolute atomic E-state index is 0.0182. The zero-order chi connectivity index (χ0) is 16.4. The van der Waals surface area contributed by atoms with Gasteiger partial charge < -0.3 is 5.32 Å². The number of para-hydroxylation sites is 1. The van der Waals surface area contributed by atoms with E-state index < -0.39 is 0 Å². The molecule has 2 aromatic rings. The molecule has 0 radical (unpaired) electrons. The minimum Gasteiger partial charge on any atom is -0.364 e. The van der Waals surface area contributed by atoms with Gasteiger partial charge in [-0.05, 0) is 43.3 Å². The lowest BCUT2D eigenvalue weighted by Crippen LogP contribution is -2.48. The van der Waals surface area contributed by atoms with Crippen LogP contribution in [-0.4, -0.2) is 23.1 Å². The van der Waals surface area contributed by atoms with Crippen LogP contribution in [0.4, 0.5) is 11.4 Å². The Balaban J connectivity index is 1.86. The molecular weight excluding hydrogens is 310 g/mol. The van der Waals surface area contributed by atoms with Crippen molar-refractivity contribution in [3.05, 3.63) is 59.6 Å². The van der Waals surface area contributed by atoms with Gasteiger partial charge in [0.15, 0.2) is 0 Å². The highest BCUT2D eigenvalue weighted by Crippen LogP contribution is 2.31. The number of hydrogen-bond donors (Lipinski definition) is 1. The van der Waals surface area contributed by atoms with E-state index in [-0.39, 0.29) is 18.1 Å². The second-order valence-corrected chi connectivity index (χ2v) is 6.23. The molecular formula is C18H20ClN3O. The molecule has 23 heavy (non-hydrogen) atoms. The normalized spacial score (nSPS) is 20.7. The molecule has 1 amide bonds. The molecule has 2 atom stereocenters. The summed E-state index contributed by atoms with van der Waals surface area (Å²) in [7, 11) is 0. The van der Waals surface area contributed by atoms with E-state index in [0.717, 1.165) is 17.8 Å². The Morgan fingerprint density at radius 3 is 2.39 bits per heavy atom. The average Bonchev–Trinajstić information content (AvgIpc) is 2.87. The third-order valence-electron chi connectivity index (χ3n) is 4.03. The highest BCUT2D eigenvalue weighted by atomic mass is 35.5. The van der Waals surface area contributed by atoms with Gasteiger partial charge in [-0.1, -0.05) is 29.8 Å². The van der Waals surface area contributed by atoms with E-state index in [4.69, 9.17) is 11.6 Å². The first-order chi connectivity index (χ1) is 11.1. The molecule has 5 heteroatoms. The van der Waals surface area contributed by atoms with Crippen LogP contribution in [0.25, 0.3) is 0 Å². The summed E-state index contributed by atoms with van der Waals surface area (Å²) < 4.78 is 0. The van der Waals surface area contributed by atoms with Crippen molar-refractivity contribution in [2.24, 2.45) is 0 Å². The van der Waals surface area contributed by atoms with Crippen molar-refractivity contribution in [3.8, 4) is 0 Å². The Hall–Kier alpha value is -2.20. The number of hydrogen-bond acceptors (Lipinski definition) is 3. The highest BCUT2D eigenvalue weighted by molar-refractivity contribution is 6.30. The molecule has 0 saturated carbocycles. The second-order valence-electron chi connectivity index (χ2n) is 5.80. The van der Waals surface area contributed by atoms with E-state index in [2.05, 4.69) is 17.2 Å². The van der Waals surface area contributed by atoms with Gasteiger partial charge in [-0.2, -0.15) is 0 Å². The Morgan fingerprint density at radius 2 is 1.78 bits per heavy atom. The van der Waals surface area contributed by atoms with Gasteiger partial charge >= 0.3 is 0 Å². The number of carbonyl (C=O) groups excluding carboxylic acids is 1. The molecule has 3 rings (SSSR count). The van der Waals surface area contributed by atoms with E-state index in [0.29, 0.717) is 5.02 Å². The number of amides is 1. The van der Waals surface area contributed by atoms with Gasteiger partial charge in [-0.25, -0.2) is 5.01 Å². The topological polar surface area (TPSA) is 35.6 Å². The zero-order valence-electron chi connectivity index (χ0n) is 13.2. The van der Waals surface area contributed by atoms with Crippen LogP contribution in [0, 0.1) is 0 Å². The first-order valence-electron chi connectivity index (χ1n) is 7.72. The summed E-state index contributed by atoms with van der Waals surface area (Å²) in [4.78, 5) is 12.3. The lowest BCUT2D eigenvalue weighted by Gasteiger charge is -2.35. The molecule has 1 aliphatic rings. The maximum Gasteiger partial charge on any atom is 0.239 e. The van der Waals surface area contributed by atoms with Crippen molar-refractivity contribution in [1.29, 1.82) is 0 Å². The van der Waals surface area contributed by atoms with Crippen molar-refractivity contribution in [2.45, 2.75) is 32.5 Å². The number of rotatable bonds is 3. The molecule has 1 heterocycles. The van der Waals surface area contributed by atoms with Crippen LogP contribution in [0.5, 0.6) is 0 Å². The second kappa shape index (κ2) is 6.50. The molecule has 1 aliphatic heterocycles. The zero-order valence-corrected chi connectivity index (χ0v) is 14.0. The van der Waals surface area contributed by atoms with Crippen molar-refractivity contribution in [2.75, 3.05) is 10.3 Å². The predicted molar refractivity (Wildman–Crippen MR) is 94.4 cm³/mol. The van der Waals surface area contributed by atoms with Crippen LogP contribution in [0.15, 0.2) is 54.6 Å². The number of benzene rings is 2. The number of halogens is 1. The Bertz CT molecular complexity index is 674. The summed E-state index contributed by atoms with van der Waals surface area (Å²) in [5, 5.41) is 8.00. The fourth-order valence-electron chi connectivity index (χ4n) is 3.07. The molecule has 0 spiro atoms. The van der Waals surface area contributed by atoms with Crippen LogP contribution in [0.2, 0.25) is 5.02 Å². The van der Waals surface area contributed by atoms with E-state index in [1.54, 1.807) is 11.9 Å². The summed E-state index contributed by atoms with van der Waals surface area (Å²) in [6.45, 7) is 3.73. The van der Waals surface area contributed by atoms with Crippen LogP contribution < -0.4 is 10.3 Å². The summed E-state index contributed by atoms with van der Waals surface area (Å²) in [6.07, 6.45) is 0.765. The number of nitrogens with zero attached hydrogens (tertiary/aromatic N) is 2. The van der Waals surface area contributed by atoms with Gasteiger partial charge in [-0.3, -0.25) is 9.80 Å². The fourth-order valence-corrected chi connectivity index (χ4v) is 3.20. The lowest BCUT2D eigenvalue weighted by molar-refractivity contribution is -0.129. The molecule has 0 bridgehead atoms. The molecule has 4 nitrogen and oxygen atoms in total. The molecule has 0 aromatic heterocycles. The number of anilines is 2. The first kappa shape index (κ1) is 15.7. The van der Waals surface area contributed by atoms with Gasteiger partial charge in [-0.15, -0.1) is 0 Å². The molecule has 0 aliphatic carbocycles. The summed E-state index contributed by atoms with van der Waals surface area (Å²) in [5.41, 5.74) is 1.98. The Morgan fingerprint density at radius 1 is 1.13 bits per heavy atom. The third-order valence-corrected chi connectivity index (χ3v) is 4.28. The summed E-state index contributed by atoms with van der Waals surface area (Å²) >= 11 is 5.93. The predicted octanol–water partition coefficient (Wildman–Crippen LogP) is 4.14. The number of hydrazine groups is 1. The smallest absolute Gasteiger partial charge is 0.239 e. The SMILES string of the molecule is CC(=O)N1[C@@H](Nc2ccc(Cl)cc2)C[C@H](C)N1c1ccccc1. The quantitative estimate of drug-likeness (QED) is 0.919. The van der Waals surface area contributed by atoms with Gasteiger partial charge in [0, 0.05) is 24.1 Å². The van der Waals surface area contributed by atoms with Crippen LogP contribution in [0.3, 0.4) is 0 Å². The van der Waals surface area contributed by atoms with E-state index in [9.17, 15) is 4.79 Å². The minimum atomic E-state index is -0.0797. The van der Waals surface area contributed by atoms with Crippen molar-refractivity contribution in [1.82, 2.24) is 5.01 Å². The van der Waals surface area contributed by atoms with Crippen molar-refractivity contribution >= 4 is 28.9 Å². The maximum atomic E-state index is 12.3. The average molecular weight is 330 g/mol. The van der Waals surface area contributed by atoms with Crippen LogP contribution in [-0.2, 0) is 4.79 Å². The van der Waals surface area contributed by atoms with Crippen LogP contribution >= 0.6 is 11.6 Å². The fraction of sp³-hybridized carbons (Fsp3) is 0.278. The van der Waals surface area contributed by atoms with Gasteiger partial charge in [0.05, 0.1) is 11.7 Å². The van der Waals surface area contributed by atoms with Gasteiger partial charge in [0.2, 0.25) is 5.91 Å². The monoisotopic (exact) mass is 329 g/mol. The molecule has 1 N–H and O–H groups in total. The number of carbonyl (C=O) groups is 1. The Labute approximate surface area is 141 Å². The van der Waals surface area contributed by atoms with E-state index in [1.807, 2.05) is 54.6 Å². The molecule has 1 saturated heterocycles. The summed E-state index contributed by atoms with van der Waals surface area (Å²) in [6, 6.07) is 17.8. The number of nitrogens with one attached hydrogen (secondary N) is 1. The molecule has 120 valence electrons. The van der Waals surface area contributed by atoms with Crippen LogP contribution in [0.1, 0.15) is 20.3 Å². The van der Waals surface area contributed by atoms with E-state index >= 15 is 0 Å². The third kappa shape index (κ3) is 3.27. The Kier molecular flexibility index (Phi) is 4.44.